The smallest absolute Gasteiger partial charge is 1.00 e. The molecule has 2 aromatic heterocycles. The van der Waals surface area contributed by atoms with Gasteiger partial charge in [-0.05, 0) is 0 Å². The maximum Gasteiger partial charge on any atom is 1.00 e. The van der Waals surface area contributed by atoms with Gasteiger partial charge in [0.1, 0.15) is 5.01 Å². The molecule has 0 aliphatic rings. The maximum atomic E-state index is 12.4. The van der Waals surface area contributed by atoms with Crippen LogP contribution in [0.1, 0.15) is 17.6 Å². The van der Waals surface area contributed by atoms with Crippen LogP contribution in [0.15, 0.2) is 11.6 Å². The molecular formula is C9H7F3N3NaO2S. The van der Waals surface area contributed by atoms with Gasteiger partial charge in [0.05, 0.1) is 11.8 Å². The van der Waals surface area contributed by atoms with Gasteiger partial charge in [0, 0.05) is 12.4 Å². The van der Waals surface area contributed by atoms with Gasteiger partial charge in [-0.25, -0.2) is 9.78 Å². The van der Waals surface area contributed by atoms with E-state index in [1.54, 1.807) is 0 Å². The monoisotopic (exact) mass is 301 g/mol. The Kier molecular flexibility index (Phi) is 4.77. The number of alkyl halides is 3. The SMILES string of the molecule is Cn1ncc(-c2nc(C(F)(F)F)cs2)c1C(=O)O.[H-].[Na+]. The van der Waals surface area contributed by atoms with Crippen LogP contribution in [0.25, 0.3) is 10.6 Å². The third kappa shape index (κ3) is 3.16. The number of nitrogens with zero attached hydrogens (tertiary/aromatic N) is 3. The van der Waals surface area contributed by atoms with Gasteiger partial charge in [-0.1, -0.05) is 0 Å². The number of thiazole rings is 1. The molecule has 10 heteroatoms. The summed E-state index contributed by atoms with van der Waals surface area (Å²) >= 11 is 0.727. The first-order chi connectivity index (χ1) is 8.30. The van der Waals surface area contributed by atoms with E-state index in [2.05, 4.69) is 10.1 Å². The summed E-state index contributed by atoms with van der Waals surface area (Å²) in [5, 5.41) is 13.5. The zero-order chi connectivity index (χ0) is 13.5. The Morgan fingerprint density at radius 2 is 2.16 bits per heavy atom. The van der Waals surface area contributed by atoms with Crippen LogP contribution < -0.4 is 29.6 Å². The number of rotatable bonds is 2. The zero-order valence-electron chi connectivity index (χ0n) is 10.9. The van der Waals surface area contributed by atoms with Gasteiger partial charge >= 0.3 is 41.7 Å². The minimum atomic E-state index is -4.54. The third-order valence-electron chi connectivity index (χ3n) is 2.17. The second-order valence-electron chi connectivity index (χ2n) is 3.37. The zero-order valence-corrected chi connectivity index (χ0v) is 12.7. The van der Waals surface area contributed by atoms with Crippen LogP contribution >= 0.6 is 11.3 Å². The second-order valence-corrected chi connectivity index (χ2v) is 4.23. The Hall–Kier alpha value is -0.900. The van der Waals surface area contributed by atoms with Crippen molar-refractivity contribution in [2.45, 2.75) is 6.18 Å². The van der Waals surface area contributed by atoms with Gasteiger partial charge < -0.3 is 6.53 Å². The summed E-state index contributed by atoms with van der Waals surface area (Å²) in [4.78, 5) is 14.4. The molecule has 1 N–H and O–H groups in total. The van der Waals surface area contributed by atoms with Crippen molar-refractivity contribution < 1.29 is 54.1 Å². The fraction of sp³-hybridized carbons (Fsp3) is 0.222. The summed E-state index contributed by atoms with van der Waals surface area (Å²) in [6.07, 6.45) is -3.36. The standard InChI is InChI=1S/C9H6F3N3O2S.Na.H/c1-15-6(8(16)17)4(2-13-15)7-14-5(3-18-7)9(10,11)12;;/h2-3H,1H3,(H,16,17);;/q;+1;-1. The average Bonchev–Trinajstić information content (AvgIpc) is 2.81. The molecule has 0 aliphatic carbocycles. The summed E-state index contributed by atoms with van der Waals surface area (Å²) in [5.74, 6) is -1.27. The van der Waals surface area contributed by atoms with Crippen molar-refractivity contribution in [2.75, 3.05) is 0 Å². The predicted octanol–water partition coefficient (Wildman–Crippen LogP) is -0.623. The number of aromatic nitrogens is 3. The van der Waals surface area contributed by atoms with E-state index in [9.17, 15) is 18.0 Å². The Morgan fingerprint density at radius 1 is 1.53 bits per heavy atom. The molecule has 5 nitrogen and oxygen atoms in total. The van der Waals surface area contributed by atoms with E-state index in [4.69, 9.17) is 5.11 Å². The van der Waals surface area contributed by atoms with Crippen LogP contribution in [0.4, 0.5) is 13.2 Å². The van der Waals surface area contributed by atoms with E-state index in [0.717, 1.165) is 21.4 Å². The average molecular weight is 301 g/mol. The molecule has 0 saturated heterocycles. The quantitative estimate of drug-likeness (QED) is 0.751. The Balaban J connectivity index is 0.00000180. The molecule has 2 aromatic rings. The van der Waals surface area contributed by atoms with Gasteiger partial charge in [-0.3, -0.25) is 4.68 Å². The van der Waals surface area contributed by atoms with Crippen LogP contribution in [0.3, 0.4) is 0 Å². The molecule has 0 bridgehead atoms. The molecule has 0 aliphatic heterocycles. The summed E-state index contributed by atoms with van der Waals surface area (Å²) in [7, 11) is 1.39. The molecule has 0 fully saturated rings. The number of aromatic carboxylic acids is 1. The number of halogens is 3. The maximum absolute atomic E-state index is 12.4. The molecule has 19 heavy (non-hydrogen) atoms. The van der Waals surface area contributed by atoms with Gasteiger partial charge in [-0.2, -0.15) is 18.3 Å². The number of carbonyl (C=O) groups is 1. The van der Waals surface area contributed by atoms with Crippen LogP contribution in [-0.2, 0) is 13.2 Å². The van der Waals surface area contributed by atoms with Crippen molar-refractivity contribution in [3.8, 4) is 10.6 Å². The molecule has 0 unspecified atom stereocenters. The van der Waals surface area contributed by atoms with E-state index in [1.165, 1.54) is 13.2 Å². The molecule has 2 heterocycles. The Bertz CT molecular complexity index is 614. The topological polar surface area (TPSA) is 68.0 Å². The van der Waals surface area contributed by atoms with Crippen molar-refractivity contribution in [2.24, 2.45) is 7.05 Å². The molecule has 0 atom stereocenters. The molecule has 0 radical (unpaired) electrons. The molecule has 0 spiro atoms. The van der Waals surface area contributed by atoms with Crippen LogP contribution in [0, 0.1) is 0 Å². The number of aryl methyl sites for hydroxylation is 1. The first-order valence-corrected chi connectivity index (χ1v) is 5.47. The van der Waals surface area contributed by atoms with Crippen LogP contribution in [-0.4, -0.2) is 25.8 Å². The molecule has 0 aromatic carbocycles. The number of carboxylic acids is 1. The summed E-state index contributed by atoms with van der Waals surface area (Å²) in [6.45, 7) is 0. The van der Waals surface area contributed by atoms with Crippen LogP contribution in [0.5, 0.6) is 0 Å². The Morgan fingerprint density at radius 3 is 2.63 bits per heavy atom. The van der Waals surface area contributed by atoms with E-state index in [0.29, 0.717) is 0 Å². The molecule has 98 valence electrons. The largest absolute Gasteiger partial charge is 1.00 e. The molecule has 0 amide bonds. The summed E-state index contributed by atoms with van der Waals surface area (Å²) < 4.78 is 38.2. The number of hydrogen-bond donors (Lipinski definition) is 1. The number of carboxylic acid groups (broad SMARTS) is 1. The minimum Gasteiger partial charge on any atom is -1.00 e. The van der Waals surface area contributed by atoms with Crippen molar-refractivity contribution in [3.63, 3.8) is 0 Å². The van der Waals surface area contributed by atoms with Crippen molar-refractivity contribution in [1.82, 2.24) is 14.8 Å². The summed E-state index contributed by atoms with van der Waals surface area (Å²) in [6, 6.07) is 0. The van der Waals surface area contributed by atoms with Crippen molar-refractivity contribution in [3.05, 3.63) is 23.0 Å². The second kappa shape index (κ2) is 5.61. The number of hydrogen-bond acceptors (Lipinski definition) is 4. The molecule has 2 rings (SSSR count). The first-order valence-electron chi connectivity index (χ1n) is 4.59. The van der Waals surface area contributed by atoms with Gasteiger partial charge in [0.15, 0.2) is 11.4 Å². The molecular weight excluding hydrogens is 294 g/mol. The van der Waals surface area contributed by atoms with E-state index in [-0.39, 0.29) is 47.2 Å². The van der Waals surface area contributed by atoms with Gasteiger partial charge in [0.25, 0.3) is 0 Å². The fourth-order valence-electron chi connectivity index (χ4n) is 1.38. The minimum absolute atomic E-state index is 0. The Labute approximate surface area is 132 Å². The van der Waals surface area contributed by atoms with Crippen LogP contribution in [0.2, 0.25) is 0 Å². The van der Waals surface area contributed by atoms with Gasteiger partial charge in [-0.15, -0.1) is 11.3 Å². The fourth-order valence-corrected chi connectivity index (χ4v) is 2.21. The molecule has 0 saturated carbocycles. The van der Waals surface area contributed by atoms with E-state index < -0.39 is 17.8 Å². The van der Waals surface area contributed by atoms with E-state index >= 15 is 0 Å². The van der Waals surface area contributed by atoms with Crippen molar-refractivity contribution in [1.29, 1.82) is 0 Å². The summed E-state index contributed by atoms with van der Waals surface area (Å²) in [5.41, 5.74) is -1.16. The van der Waals surface area contributed by atoms with Gasteiger partial charge in [0.2, 0.25) is 0 Å². The van der Waals surface area contributed by atoms with Crippen molar-refractivity contribution >= 4 is 17.3 Å². The normalized spacial score (nSPS) is 11.2. The first kappa shape index (κ1) is 16.2. The predicted molar refractivity (Wildman–Crippen MR) is 57.4 cm³/mol. The third-order valence-corrected chi connectivity index (χ3v) is 3.04. The van der Waals surface area contributed by atoms with E-state index in [1.807, 2.05) is 0 Å².